The van der Waals surface area contributed by atoms with E-state index < -0.39 is 0 Å². The van der Waals surface area contributed by atoms with Crippen molar-refractivity contribution in [2.75, 3.05) is 6.26 Å². The summed E-state index contributed by atoms with van der Waals surface area (Å²) in [5.41, 5.74) is 0.0200. The van der Waals surface area contributed by atoms with E-state index in [0.717, 1.165) is 0 Å². The average Bonchev–Trinajstić information content (AvgIpc) is 2.87. The van der Waals surface area contributed by atoms with Crippen molar-refractivity contribution in [3.05, 3.63) is 51.7 Å². The van der Waals surface area contributed by atoms with Crippen molar-refractivity contribution < 1.29 is 0 Å². The van der Waals surface area contributed by atoms with Gasteiger partial charge < -0.3 is 0 Å². The lowest BCUT2D eigenvalue weighted by Gasteiger charge is -2.13. The molecule has 8 nitrogen and oxygen atoms in total. The zero-order valence-electron chi connectivity index (χ0n) is 14.2. The first kappa shape index (κ1) is 17.2. The first-order valence-corrected chi connectivity index (χ1v) is 8.94. The molecule has 25 heavy (non-hydrogen) atoms. The topological polar surface area (TPSA) is 87.6 Å². The SMILES string of the molecule is C=CCn1c(=O)c2cnc(SC)nc2n1-c1ccc(=O)n(C(C)C)n1. The highest BCUT2D eigenvalue weighted by Crippen LogP contribution is 2.17. The summed E-state index contributed by atoms with van der Waals surface area (Å²) in [6.07, 6.45) is 5.00. The number of fused-ring (bicyclic) bond motifs is 1. The van der Waals surface area contributed by atoms with Crippen LogP contribution in [-0.4, -0.2) is 35.4 Å². The molecule has 3 aromatic heterocycles. The number of aromatic nitrogens is 6. The van der Waals surface area contributed by atoms with Gasteiger partial charge in [0.15, 0.2) is 16.6 Å². The Kier molecular flexibility index (Phi) is 4.58. The lowest BCUT2D eigenvalue weighted by atomic mass is 10.4. The Balaban J connectivity index is 2.39. The monoisotopic (exact) mass is 358 g/mol. The molecule has 0 amide bonds. The minimum Gasteiger partial charge on any atom is -0.268 e. The third-order valence-electron chi connectivity index (χ3n) is 3.66. The van der Waals surface area contributed by atoms with Crippen LogP contribution < -0.4 is 11.1 Å². The van der Waals surface area contributed by atoms with E-state index >= 15 is 0 Å². The van der Waals surface area contributed by atoms with E-state index in [2.05, 4.69) is 21.6 Å². The molecular weight excluding hydrogens is 340 g/mol. The summed E-state index contributed by atoms with van der Waals surface area (Å²) in [6, 6.07) is 2.92. The molecule has 0 atom stereocenters. The molecular formula is C16H18N6O2S. The Labute approximate surface area is 147 Å². The molecule has 0 aromatic carbocycles. The molecule has 0 unspecified atom stereocenters. The van der Waals surface area contributed by atoms with E-state index in [1.165, 1.54) is 33.4 Å². The van der Waals surface area contributed by atoms with Crippen LogP contribution >= 0.6 is 11.8 Å². The van der Waals surface area contributed by atoms with Crippen LogP contribution in [0.2, 0.25) is 0 Å². The van der Waals surface area contributed by atoms with Crippen LogP contribution in [0.3, 0.4) is 0 Å². The summed E-state index contributed by atoms with van der Waals surface area (Å²) in [7, 11) is 0. The van der Waals surface area contributed by atoms with E-state index in [-0.39, 0.29) is 23.7 Å². The smallest absolute Gasteiger partial charge is 0.268 e. The van der Waals surface area contributed by atoms with Gasteiger partial charge in [0.05, 0.1) is 12.6 Å². The Hall–Kier alpha value is -2.68. The standard InChI is InChI=1S/C16H18N6O2S/c1-5-8-20-15(24)11-9-17-16(25-4)18-14(11)22(20)12-6-7-13(23)21(19-12)10(2)3/h5-7,9-10H,1,8H2,2-4H3. The zero-order valence-corrected chi connectivity index (χ0v) is 15.0. The van der Waals surface area contributed by atoms with Crippen molar-refractivity contribution in [1.29, 1.82) is 0 Å². The fourth-order valence-corrected chi connectivity index (χ4v) is 2.87. The number of nitrogens with zero attached hydrogens (tertiary/aromatic N) is 6. The number of hydrogen-bond donors (Lipinski definition) is 0. The van der Waals surface area contributed by atoms with Gasteiger partial charge in [0, 0.05) is 12.3 Å². The van der Waals surface area contributed by atoms with Gasteiger partial charge in [-0.05, 0) is 26.2 Å². The minimum atomic E-state index is -0.230. The second-order valence-electron chi connectivity index (χ2n) is 5.65. The molecule has 0 N–H and O–H groups in total. The largest absolute Gasteiger partial charge is 0.278 e. The van der Waals surface area contributed by atoms with E-state index in [1.54, 1.807) is 16.8 Å². The van der Waals surface area contributed by atoms with Crippen LogP contribution in [0.25, 0.3) is 16.9 Å². The molecule has 0 fully saturated rings. The Morgan fingerprint density at radius 1 is 1.32 bits per heavy atom. The summed E-state index contributed by atoms with van der Waals surface area (Å²) in [5, 5.41) is 5.35. The minimum absolute atomic E-state index is 0.106. The van der Waals surface area contributed by atoms with Crippen LogP contribution in [0.15, 0.2) is 45.7 Å². The van der Waals surface area contributed by atoms with Gasteiger partial charge >= 0.3 is 0 Å². The van der Waals surface area contributed by atoms with Gasteiger partial charge in [-0.2, -0.15) is 0 Å². The third kappa shape index (κ3) is 2.91. The molecule has 0 spiro atoms. The first-order valence-electron chi connectivity index (χ1n) is 7.71. The highest BCUT2D eigenvalue weighted by atomic mass is 32.2. The molecule has 0 aliphatic rings. The van der Waals surface area contributed by atoms with Crippen molar-refractivity contribution >= 4 is 22.8 Å². The predicted octanol–water partition coefficient (Wildman–Crippen LogP) is 1.63. The van der Waals surface area contributed by atoms with Crippen molar-refractivity contribution in [2.45, 2.75) is 31.6 Å². The molecule has 9 heteroatoms. The fourth-order valence-electron chi connectivity index (χ4n) is 2.53. The van der Waals surface area contributed by atoms with Crippen LogP contribution in [0, 0.1) is 0 Å². The van der Waals surface area contributed by atoms with E-state index in [0.29, 0.717) is 22.0 Å². The second-order valence-corrected chi connectivity index (χ2v) is 6.42. The van der Waals surface area contributed by atoms with Gasteiger partial charge in [-0.1, -0.05) is 17.8 Å². The molecule has 3 heterocycles. The van der Waals surface area contributed by atoms with Crippen molar-refractivity contribution in [1.82, 2.24) is 29.1 Å². The number of thioether (sulfide) groups is 1. The van der Waals surface area contributed by atoms with Gasteiger partial charge in [0.2, 0.25) is 0 Å². The van der Waals surface area contributed by atoms with Gasteiger partial charge in [-0.15, -0.1) is 11.7 Å². The maximum atomic E-state index is 12.7. The molecule has 130 valence electrons. The highest BCUT2D eigenvalue weighted by molar-refractivity contribution is 7.98. The quantitative estimate of drug-likeness (QED) is 0.391. The number of hydrogen-bond acceptors (Lipinski definition) is 6. The second kappa shape index (κ2) is 6.67. The van der Waals surface area contributed by atoms with Crippen molar-refractivity contribution in [2.24, 2.45) is 0 Å². The van der Waals surface area contributed by atoms with Crippen molar-refractivity contribution in [3.63, 3.8) is 0 Å². The summed E-state index contributed by atoms with van der Waals surface area (Å²) in [4.78, 5) is 33.4. The van der Waals surface area contributed by atoms with Gasteiger partial charge in [0.1, 0.15) is 5.39 Å². The molecule has 0 aliphatic carbocycles. The molecule has 0 bridgehead atoms. The van der Waals surface area contributed by atoms with Crippen LogP contribution in [0.5, 0.6) is 0 Å². The Morgan fingerprint density at radius 3 is 2.72 bits per heavy atom. The number of rotatable bonds is 5. The fraction of sp³-hybridized carbons (Fsp3) is 0.312. The van der Waals surface area contributed by atoms with Crippen molar-refractivity contribution in [3.8, 4) is 5.82 Å². The maximum Gasteiger partial charge on any atom is 0.278 e. The van der Waals surface area contributed by atoms with Crippen LogP contribution in [0.1, 0.15) is 19.9 Å². The lowest BCUT2D eigenvalue weighted by Crippen LogP contribution is -2.28. The summed E-state index contributed by atoms with van der Waals surface area (Å²) >= 11 is 1.38. The normalized spacial score (nSPS) is 11.4. The van der Waals surface area contributed by atoms with E-state index in [4.69, 9.17) is 0 Å². The van der Waals surface area contributed by atoms with Crippen LogP contribution in [0.4, 0.5) is 0 Å². The molecule has 0 saturated carbocycles. The summed E-state index contributed by atoms with van der Waals surface area (Å²) in [6.45, 7) is 7.73. The summed E-state index contributed by atoms with van der Waals surface area (Å²) in [5.74, 6) is 0.438. The highest BCUT2D eigenvalue weighted by Gasteiger charge is 2.18. The molecule has 0 saturated heterocycles. The van der Waals surface area contributed by atoms with Gasteiger partial charge in [0.25, 0.3) is 11.1 Å². The molecule has 0 radical (unpaired) electrons. The maximum absolute atomic E-state index is 12.7. The van der Waals surface area contributed by atoms with E-state index in [1.807, 2.05) is 20.1 Å². The van der Waals surface area contributed by atoms with Gasteiger partial charge in [-0.3, -0.25) is 9.59 Å². The average molecular weight is 358 g/mol. The van der Waals surface area contributed by atoms with Gasteiger partial charge in [-0.25, -0.2) is 24.0 Å². The lowest BCUT2D eigenvalue weighted by molar-refractivity contribution is 0.486. The first-order chi connectivity index (χ1) is 12.0. The molecule has 3 rings (SSSR count). The Bertz CT molecular complexity index is 1060. The third-order valence-corrected chi connectivity index (χ3v) is 4.22. The number of allylic oxidation sites excluding steroid dienone is 1. The molecule has 0 aliphatic heterocycles. The summed E-state index contributed by atoms with van der Waals surface area (Å²) < 4.78 is 4.47. The molecule has 3 aromatic rings. The van der Waals surface area contributed by atoms with E-state index in [9.17, 15) is 9.59 Å². The van der Waals surface area contributed by atoms with Crippen LogP contribution in [-0.2, 0) is 6.54 Å². The predicted molar refractivity (Wildman–Crippen MR) is 97.5 cm³/mol. The Morgan fingerprint density at radius 2 is 2.08 bits per heavy atom. The zero-order chi connectivity index (χ0) is 18.1.